The van der Waals surface area contributed by atoms with E-state index in [1.54, 1.807) is 0 Å². The molecule has 0 radical (unpaired) electrons. The van der Waals surface area contributed by atoms with Crippen LogP contribution in [0.4, 0.5) is 0 Å². The molecule has 7 nitrogen and oxygen atoms in total. The van der Waals surface area contributed by atoms with Gasteiger partial charge in [-0.15, -0.1) is 11.3 Å². The summed E-state index contributed by atoms with van der Waals surface area (Å²) in [7, 11) is 0. The van der Waals surface area contributed by atoms with Crippen LogP contribution in [-0.2, 0) is 9.59 Å². The number of benzene rings is 1. The number of rotatable bonds is 8. The molecule has 1 unspecified atom stereocenters. The molecule has 3 amide bonds. The topological polar surface area (TPSA) is 79.0 Å². The standard InChI is InChI=1S/C26H33N3O4S/c1-2-21(20-8-3-4-9-22(20)33-18-24(30)28-13-5-6-14-28)27-25(31)19-11-15-29(16-12-19)26(32)23-10-7-17-34-23/h3-4,7-10,17,19,21H,2,5-6,11-16,18H2,1H3,(H,27,31). The molecule has 8 heteroatoms. The fourth-order valence-electron chi connectivity index (χ4n) is 4.69. The van der Waals surface area contributed by atoms with Crippen molar-refractivity contribution in [2.24, 2.45) is 5.92 Å². The first-order chi connectivity index (χ1) is 16.6. The molecule has 0 spiro atoms. The second kappa shape index (κ2) is 11.5. The van der Waals surface area contributed by atoms with E-state index in [2.05, 4.69) is 5.32 Å². The molecule has 3 heterocycles. The van der Waals surface area contributed by atoms with Gasteiger partial charge in [0, 0.05) is 37.7 Å². The van der Waals surface area contributed by atoms with Gasteiger partial charge >= 0.3 is 0 Å². The van der Waals surface area contributed by atoms with Crippen molar-refractivity contribution >= 4 is 29.1 Å². The molecule has 2 saturated heterocycles. The third-order valence-corrected chi connectivity index (χ3v) is 7.57. The number of nitrogens with one attached hydrogen (secondary N) is 1. The van der Waals surface area contributed by atoms with Gasteiger partial charge < -0.3 is 19.9 Å². The summed E-state index contributed by atoms with van der Waals surface area (Å²) < 4.78 is 5.91. The van der Waals surface area contributed by atoms with Gasteiger partial charge in [-0.3, -0.25) is 14.4 Å². The number of piperidine rings is 1. The smallest absolute Gasteiger partial charge is 0.263 e. The van der Waals surface area contributed by atoms with Gasteiger partial charge in [0.25, 0.3) is 11.8 Å². The van der Waals surface area contributed by atoms with Crippen LogP contribution in [0.3, 0.4) is 0 Å². The molecule has 2 aromatic rings. The maximum atomic E-state index is 13.1. The van der Waals surface area contributed by atoms with E-state index in [-0.39, 0.29) is 36.3 Å². The van der Waals surface area contributed by atoms with Gasteiger partial charge in [0.1, 0.15) is 5.75 Å². The number of hydrogen-bond acceptors (Lipinski definition) is 5. The van der Waals surface area contributed by atoms with E-state index < -0.39 is 0 Å². The highest BCUT2D eigenvalue weighted by molar-refractivity contribution is 7.12. The number of likely N-dealkylation sites (tertiary alicyclic amines) is 2. The summed E-state index contributed by atoms with van der Waals surface area (Å²) in [5.41, 5.74) is 0.887. The van der Waals surface area contributed by atoms with E-state index in [0.29, 0.717) is 38.1 Å². The Balaban J connectivity index is 1.33. The van der Waals surface area contributed by atoms with Crippen LogP contribution < -0.4 is 10.1 Å². The number of para-hydroxylation sites is 1. The summed E-state index contributed by atoms with van der Waals surface area (Å²) >= 11 is 1.45. The second-order valence-corrected chi connectivity index (χ2v) is 9.88. The predicted molar refractivity (Wildman–Crippen MR) is 132 cm³/mol. The largest absolute Gasteiger partial charge is 0.483 e. The Morgan fingerprint density at radius 2 is 1.76 bits per heavy atom. The SMILES string of the molecule is CCC(NC(=O)C1CCN(C(=O)c2cccs2)CC1)c1ccccc1OCC(=O)N1CCCC1. The molecule has 4 rings (SSSR count). The highest BCUT2D eigenvalue weighted by atomic mass is 32.1. The van der Waals surface area contributed by atoms with E-state index in [0.717, 1.165) is 36.4 Å². The first-order valence-corrected chi connectivity index (χ1v) is 13.1. The molecule has 2 aliphatic rings. The summed E-state index contributed by atoms with van der Waals surface area (Å²) in [6.45, 7) is 4.82. The Bertz CT molecular complexity index is 980. The van der Waals surface area contributed by atoms with Crippen molar-refractivity contribution in [3.63, 3.8) is 0 Å². The van der Waals surface area contributed by atoms with Gasteiger partial charge in [-0.25, -0.2) is 0 Å². The third kappa shape index (κ3) is 5.78. The zero-order valence-corrected chi connectivity index (χ0v) is 20.5. The summed E-state index contributed by atoms with van der Waals surface area (Å²) in [5.74, 6) is 0.589. The minimum absolute atomic E-state index is 0.00763. The molecule has 1 aromatic heterocycles. The van der Waals surface area contributed by atoms with Crippen molar-refractivity contribution < 1.29 is 19.1 Å². The molecular weight excluding hydrogens is 450 g/mol. The lowest BCUT2D eigenvalue weighted by atomic mass is 9.94. The molecular formula is C26H33N3O4S. The lowest BCUT2D eigenvalue weighted by molar-refractivity contribution is -0.132. The molecule has 0 bridgehead atoms. The van der Waals surface area contributed by atoms with Crippen LogP contribution in [0.25, 0.3) is 0 Å². The van der Waals surface area contributed by atoms with Crippen LogP contribution >= 0.6 is 11.3 Å². The molecule has 0 aliphatic carbocycles. The number of hydrogen-bond donors (Lipinski definition) is 1. The summed E-state index contributed by atoms with van der Waals surface area (Å²) in [6, 6.07) is 11.1. The van der Waals surface area contributed by atoms with Crippen molar-refractivity contribution in [2.75, 3.05) is 32.8 Å². The fraction of sp³-hybridized carbons (Fsp3) is 0.500. The van der Waals surface area contributed by atoms with Crippen molar-refractivity contribution in [1.29, 1.82) is 0 Å². The summed E-state index contributed by atoms with van der Waals surface area (Å²) in [5, 5.41) is 5.10. The Morgan fingerprint density at radius 1 is 1.03 bits per heavy atom. The number of carbonyl (C=O) groups is 3. The molecule has 1 aromatic carbocycles. The van der Waals surface area contributed by atoms with Crippen LogP contribution in [-0.4, -0.2) is 60.3 Å². The number of nitrogens with zero attached hydrogens (tertiary/aromatic N) is 2. The molecule has 182 valence electrons. The molecule has 1 N–H and O–H groups in total. The van der Waals surface area contributed by atoms with Crippen LogP contribution in [0.1, 0.15) is 60.3 Å². The number of thiophene rings is 1. The summed E-state index contributed by atoms with van der Waals surface area (Å²) in [6.07, 6.45) is 4.12. The monoisotopic (exact) mass is 483 g/mol. The quantitative estimate of drug-likeness (QED) is 0.618. The average Bonchev–Trinajstić information content (AvgIpc) is 3.60. The minimum Gasteiger partial charge on any atom is -0.483 e. The summed E-state index contributed by atoms with van der Waals surface area (Å²) in [4.78, 5) is 42.5. The number of carbonyl (C=O) groups excluding carboxylic acids is 3. The Labute approximate surface area is 205 Å². The second-order valence-electron chi connectivity index (χ2n) is 8.93. The Kier molecular flexibility index (Phi) is 8.21. The fourth-order valence-corrected chi connectivity index (χ4v) is 5.38. The van der Waals surface area contributed by atoms with Gasteiger partial charge in [0.2, 0.25) is 5.91 Å². The van der Waals surface area contributed by atoms with Gasteiger partial charge in [0.15, 0.2) is 6.61 Å². The van der Waals surface area contributed by atoms with E-state index in [9.17, 15) is 14.4 Å². The van der Waals surface area contributed by atoms with Gasteiger partial charge in [-0.05, 0) is 49.6 Å². The van der Waals surface area contributed by atoms with E-state index in [4.69, 9.17) is 4.74 Å². The highest BCUT2D eigenvalue weighted by Gasteiger charge is 2.30. The maximum absolute atomic E-state index is 13.1. The van der Waals surface area contributed by atoms with Crippen LogP contribution in [0.15, 0.2) is 41.8 Å². The van der Waals surface area contributed by atoms with Crippen LogP contribution in [0.5, 0.6) is 5.75 Å². The maximum Gasteiger partial charge on any atom is 0.263 e. The molecule has 0 saturated carbocycles. The van der Waals surface area contributed by atoms with Gasteiger partial charge in [-0.2, -0.15) is 0 Å². The van der Waals surface area contributed by atoms with Crippen LogP contribution in [0.2, 0.25) is 0 Å². The van der Waals surface area contributed by atoms with Crippen molar-refractivity contribution in [3.8, 4) is 5.75 Å². The highest BCUT2D eigenvalue weighted by Crippen LogP contribution is 2.29. The van der Waals surface area contributed by atoms with Gasteiger partial charge in [0.05, 0.1) is 10.9 Å². The Morgan fingerprint density at radius 3 is 2.44 bits per heavy atom. The van der Waals surface area contributed by atoms with E-state index in [1.807, 2.05) is 58.5 Å². The zero-order valence-electron chi connectivity index (χ0n) is 19.7. The normalized spacial score (nSPS) is 17.4. The Hall–Kier alpha value is -2.87. The zero-order chi connectivity index (χ0) is 23.9. The first-order valence-electron chi connectivity index (χ1n) is 12.2. The average molecular weight is 484 g/mol. The minimum atomic E-state index is -0.198. The molecule has 2 fully saturated rings. The number of amides is 3. The number of ether oxygens (including phenoxy) is 1. The lowest BCUT2D eigenvalue weighted by Gasteiger charge is -2.32. The third-order valence-electron chi connectivity index (χ3n) is 6.71. The van der Waals surface area contributed by atoms with E-state index >= 15 is 0 Å². The molecule has 1 atom stereocenters. The molecule has 2 aliphatic heterocycles. The van der Waals surface area contributed by atoms with Crippen molar-refractivity contribution in [2.45, 2.75) is 45.1 Å². The van der Waals surface area contributed by atoms with Crippen LogP contribution in [0, 0.1) is 5.92 Å². The lowest BCUT2D eigenvalue weighted by Crippen LogP contribution is -2.43. The first kappa shape index (κ1) is 24.3. The van der Waals surface area contributed by atoms with Crippen molar-refractivity contribution in [1.82, 2.24) is 15.1 Å². The van der Waals surface area contributed by atoms with Crippen molar-refractivity contribution in [3.05, 3.63) is 52.2 Å². The van der Waals surface area contributed by atoms with Gasteiger partial charge in [-0.1, -0.05) is 31.2 Å². The van der Waals surface area contributed by atoms with E-state index in [1.165, 1.54) is 11.3 Å². The molecule has 34 heavy (non-hydrogen) atoms. The predicted octanol–water partition coefficient (Wildman–Crippen LogP) is 3.87.